The number of hydrogen-bond donors (Lipinski definition) is 0. The number of thioether (sulfide) groups is 1. The molecule has 2 aromatic rings. The standard InChI is InChI=1S/C8H7Cl2N3S.C7H7Cl2NS/c1-14(13-5-11)4-6-3-12-8(10)2-7(6)9;1-11-4-5-3-10-7(9)2-6(5)8/h2-3H,4H2,1H3;2-3H,4H2,1H3. The van der Waals surface area contributed by atoms with Gasteiger partial charge >= 0.3 is 0 Å². The van der Waals surface area contributed by atoms with E-state index in [2.05, 4.69) is 14.3 Å². The van der Waals surface area contributed by atoms with Gasteiger partial charge in [-0.15, -0.1) is 0 Å². The second kappa shape index (κ2) is 11.9. The lowest BCUT2D eigenvalue weighted by Crippen LogP contribution is -1.94. The highest BCUT2D eigenvalue weighted by Gasteiger charge is 2.03. The maximum atomic E-state index is 8.35. The Morgan fingerprint density at radius 1 is 1.08 bits per heavy atom. The maximum Gasteiger partial charge on any atom is 0.212 e. The summed E-state index contributed by atoms with van der Waals surface area (Å²) in [6, 6.07) is 3.25. The number of rotatable bonds is 4. The van der Waals surface area contributed by atoms with E-state index in [1.165, 1.54) is 0 Å². The Bertz CT molecular complexity index is 794. The highest BCUT2D eigenvalue weighted by molar-refractivity contribution is 7.97. The molecule has 10 heteroatoms. The third-order valence-electron chi connectivity index (χ3n) is 2.65. The SMILES string of the molecule is CS(Cc1cnc(Cl)cc1Cl)=NC#N.CSCc1cnc(Cl)cc1Cl. The van der Waals surface area contributed by atoms with Crippen molar-refractivity contribution in [3.63, 3.8) is 0 Å². The molecule has 1 atom stereocenters. The van der Waals surface area contributed by atoms with Gasteiger partial charge in [-0.25, -0.2) is 9.97 Å². The molecule has 0 saturated heterocycles. The second-order valence-electron chi connectivity index (χ2n) is 4.57. The molecule has 0 amide bonds. The van der Waals surface area contributed by atoms with Gasteiger partial charge in [-0.3, -0.25) is 0 Å². The van der Waals surface area contributed by atoms with Crippen LogP contribution in [-0.2, 0) is 22.2 Å². The van der Waals surface area contributed by atoms with Crippen LogP contribution in [0.2, 0.25) is 20.4 Å². The largest absolute Gasteiger partial charge is 0.244 e. The fourth-order valence-corrected chi connectivity index (χ4v) is 4.02. The van der Waals surface area contributed by atoms with Crippen molar-refractivity contribution in [3.05, 3.63) is 56.0 Å². The van der Waals surface area contributed by atoms with Crippen LogP contribution in [0.5, 0.6) is 0 Å². The third-order valence-corrected chi connectivity index (χ3v) is 5.49. The van der Waals surface area contributed by atoms with E-state index in [-0.39, 0.29) is 10.7 Å². The van der Waals surface area contributed by atoms with Gasteiger partial charge in [0.15, 0.2) is 0 Å². The molecule has 2 aromatic heterocycles. The molecule has 0 bridgehead atoms. The van der Waals surface area contributed by atoms with Crippen LogP contribution in [0.4, 0.5) is 0 Å². The highest BCUT2D eigenvalue weighted by Crippen LogP contribution is 2.21. The van der Waals surface area contributed by atoms with E-state index in [0.29, 0.717) is 26.1 Å². The van der Waals surface area contributed by atoms with Crippen molar-refractivity contribution in [2.45, 2.75) is 11.5 Å². The van der Waals surface area contributed by atoms with Crippen molar-refractivity contribution in [1.82, 2.24) is 9.97 Å². The molecule has 25 heavy (non-hydrogen) atoms. The van der Waals surface area contributed by atoms with Crippen LogP contribution in [0.15, 0.2) is 28.9 Å². The lowest BCUT2D eigenvalue weighted by Gasteiger charge is -2.02. The summed E-state index contributed by atoms with van der Waals surface area (Å²) < 4.78 is 3.70. The topological polar surface area (TPSA) is 61.9 Å². The minimum Gasteiger partial charge on any atom is -0.244 e. The van der Waals surface area contributed by atoms with Crippen LogP contribution in [0, 0.1) is 11.5 Å². The molecule has 4 nitrogen and oxygen atoms in total. The van der Waals surface area contributed by atoms with Gasteiger partial charge in [-0.05, 0) is 30.2 Å². The summed E-state index contributed by atoms with van der Waals surface area (Å²) in [4.78, 5) is 7.84. The fraction of sp³-hybridized carbons (Fsp3) is 0.267. The normalized spacial score (nSPS) is 11.4. The number of hydrogen-bond acceptors (Lipinski definition) is 5. The van der Waals surface area contributed by atoms with Gasteiger partial charge in [0.1, 0.15) is 10.3 Å². The van der Waals surface area contributed by atoms with Crippen LogP contribution in [0.1, 0.15) is 11.1 Å². The smallest absolute Gasteiger partial charge is 0.212 e. The van der Waals surface area contributed by atoms with Crippen molar-refractivity contribution >= 4 is 68.9 Å². The predicted molar refractivity (Wildman–Crippen MR) is 111 cm³/mol. The first-order valence-corrected chi connectivity index (χ1v) is 11.3. The molecule has 2 rings (SSSR count). The molecule has 0 aromatic carbocycles. The number of pyridine rings is 2. The highest BCUT2D eigenvalue weighted by atomic mass is 35.5. The lowest BCUT2D eigenvalue weighted by molar-refractivity contribution is 1.25. The summed E-state index contributed by atoms with van der Waals surface area (Å²) in [5.74, 6) is 1.50. The van der Waals surface area contributed by atoms with Crippen molar-refractivity contribution in [3.8, 4) is 6.19 Å². The molecular weight excluding hydrogens is 442 g/mol. The van der Waals surface area contributed by atoms with Crippen LogP contribution in [0.25, 0.3) is 0 Å². The fourth-order valence-electron chi connectivity index (χ4n) is 1.57. The second-order valence-corrected chi connectivity index (χ2v) is 8.69. The van der Waals surface area contributed by atoms with Crippen molar-refractivity contribution < 1.29 is 0 Å². The Morgan fingerprint density at radius 3 is 2.04 bits per heavy atom. The van der Waals surface area contributed by atoms with Crippen LogP contribution >= 0.6 is 58.2 Å². The van der Waals surface area contributed by atoms with E-state index in [9.17, 15) is 0 Å². The van der Waals surface area contributed by atoms with Gasteiger partial charge in [0, 0.05) is 39.5 Å². The van der Waals surface area contributed by atoms with Gasteiger partial charge in [-0.2, -0.15) is 21.4 Å². The van der Waals surface area contributed by atoms with Crippen LogP contribution in [-0.4, -0.2) is 22.5 Å². The molecule has 0 radical (unpaired) electrons. The molecule has 0 N–H and O–H groups in total. The average Bonchev–Trinajstić information content (AvgIpc) is 2.54. The van der Waals surface area contributed by atoms with E-state index in [1.807, 2.05) is 12.5 Å². The van der Waals surface area contributed by atoms with Crippen LogP contribution < -0.4 is 0 Å². The quantitative estimate of drug-likeness (QED) is 0.415. The Morgan fingerprint density at radius 2 is 1.60 bits per heavy atom. The first-order chi connectivity index (χ1) is 11.9. The van der Waals surface area contributed by atoms with Crippen molar-refractivity contribution in [2.24, 2.45) is 4.36 Å². The molecule has 0 aliphatic heterocycles. The Labute approximate surface area is 174 Å². The van der Waals surface area contributed by atoms with Gasteiger partial charge in [0.25, 0.3) is 0 Å². The minimum atomic E-state index is -0.342. The number of nitrogens with zero attached hydrogens (tertiary/aromatic N) is 4. The summed E-state index contributed by atoms with van der Waals surface area (Å²) in [5, 5.41) is 10.4. The molecule has 2 heterocycles. The first kappa shape index (κ1) is 22.5. The maximum absolute atomic E-state index is 8.35. The first-order valence-electron chi connectivity index (χ1n) is 6.68. The van der Waals surface area contributed by atoms with Gasteiger partial charge < -0.3 is 0 Å². The van der Waals surface area contributed by atoms with Crippen LogP contribution in [0.3, 0.4) is 0 Å². The molecule has 0 aliphatic rings. The molecule has 0 aliphatic carbocycles. The zero-order valence-corrected chi connectivity index (χ0v) is 18.0. The molecule has 0 saturated carbocycles. The summed E-state index contributed by atoms with van der Waals surface area (Å²) in [6.45, 7) is 0. The van der Waals surface area contributed by atoms with Gasteiger partial charge in [0.2, 0.25) is 6.19 Å². The molecule has 134 valence electrons. The lowest BCUT2D eigenvalue weighted by atomic mass is 10.3. The minimum absolute atomic E-state index is 0.342. The average molecular weight is 456 g/mol. The third kappa shape index (κ3) is 8.59. The predicted octanol–water partition coefficient (Wildman–Crippen LogP) is 6.05. The molecule has 0 spiro atoms. The zero-order chi connectivity index (χ0) is 18.8. The van der Waals surface area contributed by atoms with E-state index in [1.54, 1.807) is 42.5 Å². The van der Waals surface area contributed by atoms with Gasteiger partial charge in [0.05, 0.1) is 0 Å². The molecule has 0 fully saturated rings. The Balaban J connectivity index is 0.000000257. The monoisotopic (exact) mass is 454 g/mol. The Hall–Kier alpha value is -0.550. The number of nitriles is 1. The summed E-state index contributed by atoms with van der Waals surface area (Å²) in [7, 11) is -0.342. The summed E-state index contributed by atoms with van der Waals surface area (Å²) in [5.41, 5.74) is 1.89. The van der Waals surface area contributed by atoms with E-state index in [4.69, 9.17) is 51.7 Å². The zero-order valence-electron chi connectivity index (χ0n) is 13.3. The van der Waals surface area contributed by atoms with E-state index in [0.717, 1.165) is 16.9 Å². The summed E-state index contributed by atoms with van der Waals surface area (Å²) in [6.07, 6.45) is 8.98. The molecular formula is C15H14Cl4N4S2. The number of halogens is 4. The molecule has 1 unspecified atom stereocenters. The van der Waals surface area contributed by atoms with Crippen molar-refractivity contribution in [1.29, 1.82) is 5.26 Å². The van der Waals surface area contributed by atoms with E-state index >= 15 is 0 Å². The summed E-state index contributed by atoms with van der Waals surface area (Å²) >= 11 is 24.8. The van der Waals surface area contributed by atoms with Crippen molar-refractivity contribution in [2.75, 3.05) is 12.5 Å². The van der Waals surface area contributed by atoms with E-state index < -0.39 is 0 Å². The Kier molecular flexibility index (Phi) is 10.7. The van der Waals surface area contributed by atoms with Gasteiger partial charge in [-0.1, -0.05) is 57.1 Å². The number of aromatic nitrogens is 2.